The molecule has 0 fully saturated rings. The molecule has 2 aromatic rings. The SMILES string of the molecule is ClNc1cc(Cc2ccccc2)ccn1. The molecule has 0 aliphatic heterocycles. The van der Waals surface area contributed by atoms with Gasteiger partial charge in [0.05, 0.1) is 0 Å². The number of hydrogen-bond donors (Lipinski definition) is 1. The molecule has 0 bridgehead atoms. The van der Waals surface area contributed by atoms with Crippen LogP contribution in [0.2, 0.25) is 0 Å². The van der Waals surface area contributed by atoms with Crippen LogP contribution in [0, 0.1) is 0 Å². The summed E-state index contributed by atoms with van der Waals surface area (Å²) in [6.07, 6.45) is 2.65. The van der Waals surface area contributed by atoms with E-state index in [-0.39, 0.29) is 0 Å². The van der Waals surface area contributed by atoms with Crippen LogP contribution in [0.4, 0.5) is 5.82 Å². The summed E-state index contributed by atoms with van der Waals surface area (Å²) in [5, 5.41) is 0. The van der Waals surface area contributed by atoms with Crippen molar-refractivity contribution in [1.29, 1.82) is 0 Å². The average Bonchev–Trinajstić information content (AvgIpc) is 2.31. The highest BCUT2D eigenvalue weighted by Crippen LogP contribution is 2.12. The Bertz CT molecular complexity index is 429. The van der Waals surface area contributed by atoms with Gasteiger partial charge in [0.25, 0.3) is 0 Å². The first-order valence-corrected chi connectivity index (χ1v) is 5.12. The maximum Gasteiger partial charge on any atom is 0.140 e. The minimum atomic E-state index is 0.685. The van der Waals surface area contributed by atoms with Crippen molar-refractivity contribution in [2.75, 3.05) is 4.84 Å². The van der Waals surface area contributed by atoms with Crippen molar-refractivity contribution in [3.63, 3.8) is 0 Å². The Balaban J connectivity index is 2.17. The van der Waals surface area contributed by atoms with Crippen molar-refractivity contribution in [3.8, 4) is 0 Å². The lowest BCUT2D eigenvalue weighted by atomic mass is 10.1. The molecule has 0 atom stereocenters. The van der Waals surface area contributed by atoms with Crippen LogP contribution in [0.25, 0.3) is 0 Å². The first kappa shape index (κ1) is 9.99. The van der Waals surface area contributed by atoms with Gasteiger partial charge in [-0.15, -0.1) is 0 Å². The van der Waals surface area contributed by atoms with Gasteiger partial charge in [-0.1, -0.05) is 30.3 Å². The van der Waals surface area contributed by atoms with Crippen molar-refractivity contribution in [2.24, 2.45) is 0 Å². The highest BCUT2D eigenvalue weighted by atomic mass is 35.5. The van der Waals surface area contributed by atoms with Crippen LogP contribution in [-0.4, -0.2) is 4.98 Å². The number of hydrogen-bond acceptors (Lipinski definition) is 2. The van der Waals surface area contributed by atoms with Gasteiger partial charge in [-0.05, 0) is 29.7 Å². The van der Waals surface area contributed by atoms with E-state index in [1.54, 1.807) is 6.20 Å². The standard InChI is InChI=1S/C12H11ClN2/c13-15-12-9-11(6-7-14-12)8-10-4-2-1-3-5-10/h1-7,9H,8H2,(H,14,15). The van der Waals surface area contributed by atoms with Crippen LogP contribution >= 0.6 is 11.8 Å². The minimum Gasteiger partial charge on any atom is -0.283 e. The zero-order chi connectivity index (χ0) is 10.5. The molecule has 1 heterocycles. The second-order valence-corrected chi connectivity index (χ2v) is 3.50. The number of nitrogens with zero attached hydrogens (tertiary/aromatic N) is 1. The van der Waals surface area contributed by atoms with Crippen molar-refractivity contribution < 1.29 is 0 Å². The Hall–Kier alpha value is -1.54. The van der Waals surface area contributed by atoms with Gasteiger partial charge >= 0.3 is 0 Å². The van der Waals surface area contributed by atoms with Gasteiger partial charge in [0.15, 0.2) is 0 Å². The van der Waals surface area contributed by atoms with E-state index in [1.165, 1.54) is 11.1 Å². The van der Waals surface area contributed by atoms with Crippen molar-refractivity contribution in [3.05, 3.63) is 59.8 Å². The van der Waals surface area contributed by atoms with E-state index in [0.29, 0.717) is 5.82 Å². The number of anilines is 1. The summed E-state index contributed by atoms with van der Waals surface area (Å²) in [5.41, 5.74) is 2.48. The summed E-state index contributed by atoms with van der Waals surface area (Å²) in [5.74, 6) is 0.685. The molecule has 1 aromatic heterocycles. The lowest BCUT2D eigenvalue weighted by molar-refractivity contribution is 1.17. The molecule has 2 rings (SSSR count). The van der Waals surface area contributed by atoms with Gasteiger partial charge in [-0.2, -0.15) is 0 Å². The Morgan fingerprint density at radius 3 is 2.60 bits per heavy atom. The van der Waals surface area contributed by atoms with Crippen LogP contribution in [0.15, 0.2) is 48.7 Å². The van der Waals surface area contributed by atoms with E-state index in [0.717, 1.165) is 6.42 Å². The zero-order valence-electron chi connectivity index (χ0n) is 8.15. The molecule has 0 saturated carbocycles. The first-order valence-electron chi connectivity index (χ1n) is 4.74. The molecule has 0 amide bonds. The molecule has 2 nitrogen and oxygen atoms in total. The maximum atomic E-state index is 5.49. The van der Waals surface area contributed by atoms with E-state index in [2.05, 4.69) is 22.0 Å². The number of benzene rings is 1. The molecule has 1 N–H and O–H groups in total. The van der Waals surface area contributed by atoms with E-state index in [4.69, 9.17) is 11.8 Å². The molecular weight excluding hydrogens is 208 g/mol. The topological polar surface area (TPSA) is 24.9 Å². The van der Waals surface area contributed by atoms with Crippen LogP contribution < -0.4 is 4.84 Å². The van der Waals surface area contributed by atoms with E-state index in [9.17, 15) is 0 Å². The van der Waals surface area contributed by atoms with E-state index < -0.39 is 0 Å². The van der Waals surface area contributed by atoms with Gasteiger partial charge in [0.2, 0.25) is 0 Å². The molecule has 0 aliphatic rings. The molecule has 0 unspecified atom stereocenters. The highest BCUT2D eigenvalue weighted by molar-refractivity contribution is 6.23. The maximum absolute atomic E-state index is 5.49. The number of halogens is 1. The number of nitrogens with one attached hydrogen (secondary N) is 1. The fraction of sp³-hybridized carbons (Fsp3) is 0.0833. The number of rotatable bonds is 3. The molecule has 76 valence electrons. The van der Waals surface area contributed by atoms with Gasteiger partial charge in [-0.3, -0.25) is 4.84 Å². The second kappa shape index (κ2) is 4.80. The highest BCUT2D eigenvalue weighted by Gasteiger charge is 1.97. The molecule has 1 aromatic carbocycles. The second-order valence-electron chi connectivity index (χ2n) is 3.31. The van der Waals surface area contributed by atoms with Gasteiger partial charge in [-0.25, -0.2) is 4.98 Å². The summed E-state index contributed by atoms with van der Waals surface area (Å²) in [6, 6.07) is 14.2. The van der Waals surface area contributed by atoms with Crippen molar-refractivity contribution in [2.45, 2.75) is 6.42 Å². The summed E-state index contributed by atoms with van der Waals surface area (Å²) >= 11 is 5.49. The molecule has 3 heteroatoms. The van der Waals surface area contributed by atoms with E-state index >= 15 is 0 Å². The minimum absolute atomic E-state index is 0.685. The van der Waals surface area contributed by atoms with Crippen LogP contribution in [0.3, 0.4) is 0 Å². The van der Waals surface area contributed by atoms with Crippen LogP contribution in [0.5, 0.6) is 0 Å². The summed E-state index contributed by atoms with van der Waals surface area (Å²) in [6.45, 7) is 0. The smallest absolute Gasteiger partial charge is 0.140 e. The van der Waals surface area contributed by atoms with Crippen molar-refractivity contribution >= 4 is 17.6 Å². The lowest BCUT2D eigenvalue weighted by Gasteiger charge is -2.03. The predicted molar refractivity (Wildman–Crippen MR) is 63.0 cm³/mol. The number of pyridine rings is 1. The number of aromatic nitrogens is 1. The van der Waals surface area contributed by atoms with Crippen LogP contribution in [0.1, 0.15) is 11.1 Å². The summed E-state index contributed by atoms with van der Waals surface area (Å²) < 4.78 is 0. The molecule has 0 radical (unpaired) electrons. The van der Waals surface area contributed by atoms with Gasteiger partial charge in [0.1, 0.15) is 5.82 Å². The van der Waals surface area contributed by atoms with Crippen molar-refractivity contribution in [1.82, 2.24) is 4.98 Å². The molecule has 0 saturated heterocycles. The monoisotopic (exact) mass is 218 g/mol. The fourth-order valence-corrected chi connectivity index (χ4v) is 1.57. The lowest BCUT2D eigenvalue weighted by Crippen LogP contribution is -1.91. The first-order chi connectivity index (χ1) is 7.38. The molecule has 0 spiro atoms. The molecule has 15 heavy (non-hydrogen) atoms. The Kier molecular flexibility index (Phi) is 3.20. The largest absolute Gasteiger partial charge is 0.283 e. The van der Waals surface area contributed by atoms with E-state index in [1.807, 2.05) is 30.3 Å². The Labute approximate surface area is 94.0 Å². The van der Waals surface area contributed by atoms with Gasteiger partial charge < -0.3 is 0 Å². The Morgan fingerprint density at radius 2 is 1.87 bits per heavy atom. The normalized spacial score (nSPS) is 9.93. The quantitative estimate of drug-likeness (QED) is 0.801. The third kappa shape index (κ3) is 2.70. The van der Waals surface area contributed by atoms with Gasteiger partial charge in [0, 0.05) is 18.0 Å². The molecule has 0 aliphatic carbocycles. The summed E-state index contributed by atoms with van der Waals surface area (Å²) in [4.78, 5) is 6.57. The molecular formula is C12H11ClN2. The predicted octanol–water partition coefficient (Wildman–Crippen LogP) is 3.24. The third-order valence-corrected chi connectivity index (χ3v) is 2.37. The average molecular weight is 219 g/mol. The Morgan fingerprint density at radius 1 is 1.07 bits per heavy atom. The zero-order valence-corrected chi connectivity index (χ0v) is 8.91. The summed E-state index contributed by atoms with van der Waals surface area (Å²) in [7, 11) is 0. The van der Waals surface area contributed by atoms with Crippen LogP contribution in [-0.2, 0) is 6.42 Å². The third-order valence-electron chi connectivity index (χ3n) is 2.17. The fourth-order valence-electron chi connectivity index (χ4n) is 1.47.